The molecule has 0 radical (unpaired) electrons. The molecule has 0 saturated carbocycles. The Kier molecular flexibility index (Phi) is 12.7. The molecule has 0 aliphatic carbocycles. The number of hydrogen-bond donors (Lipinski definition) is 6. The van der Waals surface area contributed by atoms with Gasteiger partial charge in [0, 0.05) is 60.8 Å². The molecule has 0 bridgehead atoms. The van der Waals surface area contributed by atoms with Gasteiger partial charge in [-0.25, -0.2) is 20.4 Å². The first kappa shape index (κ1) is 29.6. The van der Waals surface area contributed by atoms with Gasteiger partial charge >= 0.3 is 12.1 Å². The Morgan fingerprint density at radius 2 is 1.08 bits per heavy atom. The van der Waals surface area contributed by atoms with Crippen molar-refractivity contribution >= 4 is 35.9 Å². The van der Waals surface area contributed by atoms with Crippen molar-refractivity contribution in [1.82, 2.24) is 10.9 Å². The summed E-state index contributed by atoms with van der Waals surface area (Å²) < 4.78 is 0. The fourth-order valence-electron chi connectivity index (χ4n) is 3.18. The Labute approximate surface area is 211 Å². The van der Waals surface area contributed by atoms with E-state index in [1.807, 2.05) is 39.8 Å². The van der Waals surface area contributed by atoms with Crippen molar-refractivity contribution in [3.05, 3.63) is 47.5 Å². The van der Waals surface area contributed by atoms with E-state index in [1.165, 1.54) is 12.4 Å². The van der Waals surface area contributed by atoms with Crippen molar-refractivity contribution in [2.24, 2.45) is 21.7 Å². The molecule has 0 unspecified atom stereocenters. The van der Waals surface area contributed by atoms with Gasteiger partial charge < -0.3 is 31.5 Å². The minimum absolute atomic E-state index is 0.106. The molecule has 0 aliphatic rings. The first-order chi connectivity index (χ1) is 17.2. The number of rotatable bonds is 10. The van der Waals surface area contributed by atoms with E-state index in [2.05, 4.69) is 30.9 Å². The van der Waals surface area contributed by atoms with Crippen LogP contribution in [0.5, 0.6) is 11.5 Å². The Morgan fingerprint density at radius 3 is 1.33 bits per heavy atom. The highest BCUT2D eigenvalue weighted by atomic mass is 16.3. The van der Waals surface area contributed by atoms with Crippen LogP contribution in [-0.2, 0) is 0 Å². The number of urea groups is 2. The summed E-state index contributed by atoms with van der Waals surface area (Å²) in [6.45, 7) is 11.7. The summed E-state index contributed by atoms with van der Waals surface area (Å²) in [4.78, 5) is 25.1. The summed E-state index contributed by atoms with van der Waals surface area (Å²) >= 11 is 0. The SMILES string of the molecule is CCN(CC)c1ccc(/C=N/NC(N)=O)c(O)c1.CCN(CC)c1ccc(/C=N/NC(N)=O)c(O)c1. The Balaban J connectivity index is 0.000000360. The quantitative estimate of drug-likeness (QED) is 0.215. The van der Waals surface area contributed by atoms with Gasteiger partial charge in [-0.3, -0.25) is 0 Å². The third kappa shape index (κ3) is 9.79. The van der Waals surface area contributed by atoms with E-state index in [0.717, 1.165) is 37.6 Å². The maximum absolute atomic E-state index is 10.4. The zero-order valence-corrected chi connectivity index (χ0v) is 21.1. The number of hydrazone groups is 2. The average molecular weight is 501 g/mol. The molecule has 0 aromatic heterocycles. The summed E-state index contributed by atoms with van der Waals surface area (Å²) in [5, 5.41) is 26.9. The maximum Gasteiger partial charge on any atom is 0.332 e. The number of hydrogen-bond acceptors (Lipinski definition) is 8. The summed E-state index contributed by atoms with van der Waals surface area (Å²) in [6.07, 6.45) is 2.68. The molecule has 0 saturated heterocycles. The zero-order valence-electron chi connectivity index (χ0n) is 21.1. The number of nitrogens with two attached hydrogens (primary N) is 2. The molecule has 12 nitrogen and oxygen atoms in total. The number of anilines is 2. The van der Waals surface area contributed by atoms with Gasteiger partial charge in [-0.2, -0.15) is 10.2 Å². The predicted molar refractivity (Wildman–Crippen MR) is 144 cm³/mol. The van der Waals surface area contributed by atoms with Crippen molar-refractivity contribution < 1.29 is 19.8 Å². The highest BCUT2D eigenvalue weighted by molar-refractivity contribution is 5.86. The predicted octanol–water partition coefficient (Wildman–Crippen LogP) is 2.48. The Morgan fingerprint density at radius 1 is 0.750 bits per heavy atom. The molecule has 0 heterocycles. The van der Waals surface area contributed by atoms with E-state index in [1.54, 1.807) is 24.3 Å². The van der Waals surface area contributed by atoms with Crippen LogP contribution < -0.4 is 32.1 Å². The van der Waals surface area contributed by atoms with E-state index in [4.69, 9.17) is 11.5 Å². The largest absolute Gasteiger partial charge is 0.507 e. The monoisotopic (exact) mass is 500 g/mol. The number of nitrogens with one attached hydrogen (secondary N) is 2. The van der Waals surface area contributed by atoms with E-state index < -0.39 is 12.1 Å². The maximum atomic E-state index is 10.4. The van der Waals surface area contributed by atoms with Crippen LogP contribution in [0, 0.1) is 0 Å². The average Bonchev–Trinajstić information content (AvgIpc) is 2.83. The second kappa shape index (κ2) is 15.4. The van der Waals surface area contributed by atoms with Gasteiger partial charge in [-0.05, 0) is 52.0 Å². The lowest BCUT2D eigenvalue weighted by Gasteiger charge is -2.21. The molecule has 0 fully saturated rings. The van der Waals surface area contributed by atoms with Gasteiger partial charge in [0.15, 0.2) is 0 Å². The van der Waals surface area contributed by atoms with E-state index in [-0.39, 0.29) is 11.5 Å². The fraction of sp³-hybridized carbons (Fsp3) is 0.333. The smallest absolute Gasteiger partial charge is 0.332 e. The number of phenols is 2. The number of carbonyl (C=O) groups is 2. The standard InChI is InChI=1S/2C12H18N4O2/c2*1-3-16(4-2)10-6-5-9(11(17)7-10)8-14-15-12(13)18/h2*5-8,17H,3-4H2,1-2H3,(H3,13,15,18)/b2*14-8+. The summed E-state index contributed by atoms with van der Waals surface area (Å²) in [7, 11) is 0. The number of amides is 4. The van der Waals surface area contributed by atoms with E-state index >= 15 is 0 Å². The molecular weight excluding hydrogens is 464 g/mol. The molecule has 0 spiro atoms. The van der Waals surface area contributed by atoms with Gasteiger partial charge in [-0.1, -0.05) is 0 Å². The van der Waals surface area contributed by atoms with Crippen molar-refractivity contribution in [3.8, 4) is 11.5 Å². The van der Waals surface area contributed by atoms with Crippen LogP contribution in [0.2, 0.25) is 0 Å². The van der Waals surface area contributed by atoms with Gasteiger partial charge in [0.1, 0.15) is 11.5 Å². The first-order valence-corrected chi connectivity index (χ1v) is 11.5. The topological polar surface area (TPSA) is 182 Å². The van der Waals surface area contributed by atoms with Gasteiger partial charge in [-0.15, -0.1) is 0 Å². The van der Waals surface area contributed by atoms with Crippen LogP contribution in [-0.4, -0.2) is 60.9 Å². The van der Waals surface area contributed by atoms with Crippen molar-refractivity contribution in [2.45, 2.75) is 27.7 Å². The molecule has 36 heavy (non-hydrogen) atoms. The molecule has 0 aliphatic heterocycles. The molecule has 2 rings (SSSR count). The Hall–Kier alpha value is -4.48. The first-order valence-electron chi connectivity index (χ1n) is 11.5. The lowest BCUT2D eigenvalue weighted by molar-refractivity contribution is 0.248. The molecule has 8 N–H and O–H groups in total. The molecule has 2 aromatic carbocycles. The summed E-state index contributed by atoms with van der Waals surface area (Å²) in [5.74, 6) is 0.212. The van der Waals surface area contributed by atoms with Crippen LogP contribution in [0.15, 0.2) is 46.6 Å². The molecule has 12 heteroatoms. The number of aromatic hydroxyl groups is 2. The minimum Gasteiger partial charge on any atom is -0.507 e. The van der Waals surface area contributed by atoms with Crippen LogP contribution >= 0.6 is 0 Å². The number of carbonyl (C=O) groups excluding carboxylic acids is 2. The summed E-state index contributed by atoms with van der Waals surface area (Å²) in [5.41, 5.74) is 16.8. The van der Waals surface area contributed by atoms with E-state index in [9.17, 15) is 19.8 Å². The van der Waals surface area contributed by atoms with Crippen LogP contribution in [0.1, 0.15) is 38.8 Å². The summed E-state index contributed by atoms with van der Waals surface area (Å²) in [6, 6.07) is 9.08. The van der Waals surface area contributed by atoms with Crippen LogP contribution in [0.25, 0.3) is 0 Å². The van der Waals surface area contributed by atoms with Crippen LogP contribution in [0.4, 0.5) is 21.0 Å². The van der Waals surface area contributed by atoms with Crippen molar-refractivity contribution in [2.75, 3.05) is 36.0 Å². The van der Waals surface area contributed by atoms with Crippen LogP contribution in [0.3, 0.4) is 0 Å². The highest BCUT2D eigenvalue weighted by Crippen LogP contribution is 2.24. The minimum atomic E-state index is -0.745. The highest BCUT2D eigenvalue weighted by Gasteiger charge is 2.06. The van der Waals surface area contributed by atoms with Crippen molar-refractivity contribution in [1.29, 1.82) is 0 Å². The third-order valence-electron chi connectivity index (χ3n) is 5.04. The number of primary amides is 2. The molecule has 0 atom stereocenters. The van der Waals surface area contributed by atoms with E-state index in [0.29, 0.717) is 11.1 Å². The normalized spacial score (nSPS) is 10.6. The van der Waals surface area contributed by atoms with Gasteiger partial charge in [0.2, 0.25) is 0 Å². The second-order valence-corrected chi connectivity index (χ2v) is 7.30. The lowest BCUT2D eigenvalue weighted by Crippen LogP contribution is -2.24. The molecule has 2 aromatic rings. The van der Waals surface area contributed by atoms with Crippen molar-refractivity contribution in [3.63, 3.8) is 0 Å². The number of benzene rings is 2. The fourth-order valence-corrected chi connectivity index (χ4v) is 3.18. The Bertz CT molecular complexity index is 967. The van der Waals surface area contributed by atoms with Gasteiger partial charge in [0.05, 0.1) is 12.4 Å². The molecule has 196 valence electrons. The lowest BCUT2D eigenvalue weighted by atomic mass is 10.2. The second-order valence-electron chi connectivity index (χ2n) is 7.30. The molecule has 4 amide bonds. The third-order valence-corrected chi connectivity index (χ3v) is 5.04. The van der Waals surface area contributed by atoms with Gasteiger partial charge in [0.25, 0.3) is 0 Å². The number of nitrogens with zero attached hydrogens (tertiary/aromatic N) is 4. The zero-order chi connectivity index (χ0) is 27.1. The molecular formula is C24H36N8O4. The number of phenolic OH excluding ortho intramolecular Hbond substituents is 2.